The number of hydrogen-bond donors (Lipinski definition) is 1. The zero-order valence-corrected chi connectivity index (χ0v) is 7.95. The van der Waals surface area contributed by atoms with Crippen LogP contribution in [0.15, 0.2) is 18.2 Å². The Kier molecular flexibility index (Phi) is 3.14. The lowest BCUT2D eigenvalue weighted by molar-refractivity contribution is -0.385. The van der Waals surface area contributed by atoms with E-state index in [4.69, 9.17) is 0 Å². The van der Waals surface area contributed by atoms with Crippen LogP contribution < -0.4 is 5.32 Å². The van der Waals surface area contributed by atoms with Gasteiger partial charge in [-0.1, -0.05) is 0 Å². The number of nitrogens with zero attached hydrogens (tertiary/aromatic N) is 1. The van der Waals surface area contributed by atoms with E-state index in [1.807, 2.05) is 0 Å². The molecular weight excluding hydrogens is 187 g/mol. The van der Waals surface area contributed by atoms with E-state index in [1.165, 1.54) is 6.07 Å². The molecule has 1 N–H and O–H groups in total. The van der Waals surface area contributed by atoms with Gasteiger partial charge in [0.2, 0.25) is 0 Å². The molecular formula is C9H11FN2O2. The molecule has 0 aliphatic rings. The Bertz CT molecular complexity index is 355. The highest BCUT2D eigenvalue weighted by Gasteiger charge is 2.14. The molecule has 0 aliphatic carbocycles. The number of benzene rings is 1. The molecule has 1 atom stereocenters. The van der Waals surface area contributed by atoms with Crippen molar-refractivity contribution in [1.29, 1.82) is 0 Å². The molecule has 0 amide bonds. The van der Waals surface area contributed by atoms with Crippen LogP contribution in [0.4, 0.5) is 10.1 Å². The van der Waals surface area contributed by atoms with Gasteiger partial charge in [-0.25, -0.2) is 4.39 Å². The average molecular weight is 198 g/mol. The monoisotopic (exact) mass is 198 g/mol. The van der Waals surface area contributed by atoms with Crippen LogP contribution in [-0.4, -0.2) is 12.0 Å². The van der Waals surface area contributed by atoms with E-state index in [0.717, 1.165) is 12.1 Å². The number of halogens is 1. The van der Waals surface area contributed by atoms with Crippen molar-refractivity contribution in [3.63, 3.8) is 0 Å². The number of rotatable bonds is 3. The van der Waals surface area contributed by atoms with Gasteiger partial charge in [0.1, 0.15) is 5.82 Å². The molecule has 0 heterocycles. The lowest BCUT2D eigenvalue weighted by atomic mass is 10.1. The molecule has 0 spiro atoms. The lowest BCUT2D eigenvalue weighted by Crippen LogP contribution is -2.14. The fourth-order valence-corrected chi connectivity index (χ4v) is 1.13. The second-order valence-electron chi connectivity index (χ2n) is 2.97. The highest BCUT2D eigenvalue weighted by molar-refractivity contribution is 5.36. The average Bonchev–Trinajstić information content (AvgIpc) is 2.17. The summed E-state index contributed by atoms with van der Waals surface area (Å²) in [6.07, 6.45) is 0. The van der Waals surface area contributed by atoms with E-state index in [0.29, 0.717) is 5.56 Å². The van der Waals surface area contributed by atoms with Crippen molar-refractivity contribution in [3.05, 3.63) is 39.7 Å². The number of nitro groups is 1. The van der Waals surface area contributed by atoms with Crippen LogP contribution in [-0.2, 0) is 0 Å². The summed E-state index contributed by atoms with van der Waals surface area (Å²) in [7, 11) is 1.67. The Morgan fingerprint density at radius 1 is 1.57 bits per heavy atom. The lowest BCUT2D eigenvalue weighted by Gasteiger charge is -2.10. The van der Waals surface area contributed by atoms with Crippen LogP contribution >= 0.6 is 0 Å². The molecule has 0 bridgehead atoms. The molecule has 0 radical (unpaired) electrons. The summed E-state index contributed by atoms with van der Waals surface area (Å²) in [4.78, 5) is 9.90. The quantitative estimate of drug-likeness (QED) is 0.597. The summed E-state index contributed by atoms with van der Waals surface area (Å²) in [6, 6.07) is 3.27. The third-order valence-corrected chi connectivity index (χ3v) is 2.09. The van der Waals surface area contributed by atoms with Crippen molar-refractivity contribution in [2.24, 2.45) is 0 Å². The fraction of sp³-hybridized carbons (Fsp3) is 0.333. The molecule has 0 fully saturated rings. The van der Waals surface area contributed by atoms with Gasteiger partial charge < -0.3 is 5.32 Å². The van der Waals surface area contributed by atoms with Gasteiger partial charge in [-0.05, 0) is 20.0 Å². The molecule has 1 aromatic carbocycles. The third kappa shape index (κ3) is 2.05. The Labute approximate surface area is 80.9 Å². The van der Waals surface area contributed by atoms with Gasteiger partial charge in [0.25, 0.3) is 5.69 Å². The molecule has 0 saturated heterocycles. The number of non-ortho nitro benzene ring substituents is 1. The molecule has 1 rings (SSSR count). The van der Waals surface area contributed by atoms with Gasteiger partial charge >= 0.3 is 0 Å². The highest BCUT2D eigenvalue weighted by Crippen LogP contribution is 2.21. The zero-order valence-electron chi connectivity index (χ0n) is 7.95. The first-order valence-electron chi connectivity index (χ1n) is 4.17. The standard InChI is InChI=1S/C9H11FN2O2/c1-6(11-2)8-5-7(12(13)14)3-4-9(8)10/h3-6,11H,1-2H3/t6-/m0/s1. The van der Waals surface area contributed by atoms with Crippen molar-refractivity contribution in [3.8, 4) is 0 Å². The van der Waals surface area contributed by atoms with Crippen LogP contribution in [0, 0.1) is 15.9 Å². The molecule has 76 valence electrons. The second kappa shape index (κ2) is 4.15. The number of nitrogens with one attached hydrogen (secondary N) is 1. The normalized spacial score (nSPS) is 12.5. The summed E-state index contributed by atoms with van der Waals surface area (Å²) in [5, 5.41) is 13.3. The predicted molar refractivity (Wildman–Crippen MR) is 50.5 cm³/mol. The highest BCUT2D eigenvalue weighted by atomic mass is 19.1. The van der Waals surface area contributed by atoms with Crippen molar-refractivity contribution >= 4 is 5.69 Å². The second-order valence-corrected chi connectivity index (χ2v) is 2.97. The minimum absolute atomic E-state index is 0.0940. The Morgan fingerprint density at radius 3 is 2.71 bits per heavy atom. The first-order chi connectivity index (χ1) is 6.56. The Hall–Kier alpha value is -1.49. The first-order valence-corrected chi connectivity index (χ1v) is 4.17. The SMILES string of the molecule is CN[C@@H](C)c1cc([N+](=O)[O-])ccc1F. The van der Waals surface area contributed by atoms with Gasteiger partial charge in [-0.2, -0.15) is 0 Å². The summed E-state index contributed by atoms with van der Waals surface area (Å²) in [6.45, 7) is 1.74. The zero-order chi connectivity index (χ0) is 10.7. The van der Waals surface area contributed by atoms with Crippen molar-refractivity contribution < 1.29 is 9.31 Å². The van der Waals surface area contributed by atoms with E-state index in [1.54, 1.807) is 14.0 Å². The van der Waals surface area contributed by atoms with E-state index in [9.17, 15) is 14.5 Å². The summed E-state index contributed by atoms with van der Waals surface area (Å²) >= 11 is 0. The van der Waals surface area contributed by atoms with E-state index >= 15 is 0 Å². The molecule has 4 nitrogen and oxygen atoms in total. The van der Waals surface area contributed by atoms with Gasteiger partial charge in [-0.3, -0.25) is 10.1 Å². The van der Waals surface area contributed by atoms with E-state index in [-0.39, 0.29) is 11.7 Å². The molecule has 0 saturated carbocycles. The van der Waals surface area contributed by atoms with Crippen LogP contribution in [0.25, 0.3) is 0 Å². The minimum Gasteiger partial charge on any atom is -0.313 e. The topological polar surface area (TPSA) is 55.2 Å². The number of nitro benzene ring substituents is 1. The first kappa shape index (κ1) is 10.6. The molecule has 0 unspecified atom stereocenters. The molecule has 14 heavy (non-hydrogen) atoms. The smallest absolute Gasteiger partial charge is 0.269 e. The summed E-state index contributed by atoms with van der Waals surface area (Å²) in [5.41, 5.74) is 0.213. The van der Waals surface area contributed by atoms with Crippen molar-refractivity contribution in [2.45, 2.75) is 13.0 Å². The maximum absolute atomic E-state index is 13.2. The maximum Gasteiger partial charge on any atom is 0.269 e. The van der Waals surface area contributed by atoms with Gasteiger partial charge in [0, 0.05) is 23.7 Å². The maximum atomic E-state index is 13.2. The van der Waals surface area contributed by atoms with Crippen LogP contribution in [0.5, 0.6) is 0 Å². The molecule has 1 aromatic rings. The summed E-state index contributed by atoms with van der Waals surface area (Å²) < 4.78 is 13.2. The summed E-state index contributed by atoms with van der Waals surface area (Å²) in [5.74, 6) is -0.433. The largest absolute Gasteiger partial charge is 0.313 e. The Balaban J connectivity index is 3.14. The fourth-order valence-electron chi connectivity index (χ4n) is 1.13. The van der Waals surface area contributed by atoms with Crippen LogP contribution in [0.3, 0.4) is 0 Å². The van der Waals surface area contributed by atoms with Crippen LogP contribution in [0.2, 0.25) is 0 Å². The molecule has 5 heteroatoms. The number of hydrogen-bond acceptors (Lipinski definition) is 3. The third-order valence-electron chi connectivity index (χ3n) is 2.09. The molecule has 0 aliphatic heterocycles. The van der Waals surface area contributed by atoms with Crippen LogP contribution in [0.1, 0.15) is 18.5 Å². The minimum atomic E-state index is -0.536. The van der Waals surface area contributed by atoms with Crippen molar-refractivity contribution in [2.75, 3.05) is 7.05 Å². The van der Waals surface area contributed by atoms with Gasteiger partial charge in [0.15, 0.2) is 0 Å². The van der Waals surface area contributed by atoms with Gasteiger partial charge in [-0.15, -0.1) is 0 Å². The molecule has 0 aromatic heterocycles. The van der Waals surface area contributed by atoms with E-state index < -0.39 is 10.7 Å². The Morgan fingerprint density at radius 2 is 2.21 bits per heavy atom. The van der Waals surface area contributed by atoms with Crippen molar-refractivity contribution in [1.82, 2.24) is 5.32 Å². The van der Waals surface area contributed by atoms with Gasteiger partial charge in [0.05, 0.1) is 4.92 Å². The van der Waals surface area contributed by atoms with E-state index in [2.05, 4.69) is 5.32 Å². The predicted octanol–water partition coefficient (Wildman–Crippen LogP) is 2.01.